The van der Waals surface area contributed by atoms with Gasteiger partial charge in [0.1, 0.15) is 0 Å². The SMILES string of the molecule is Cc1cc(C(C)NCC(O)c2ccsc2)c(C)s1. The van der Waals surface area contributed by atoms with Gasteiger partial charge in [0, 0.05) is 22.3 Å². The first-order chi connectivity index (χ1) is 8.58. The molecule has 2 nitrogen and oxygen atoms in total. The van der Waals surface area contributed by atoms with Gasteiger partial charge in [-0.1, -0.05) is 0 Å². The van der Waals surface area contributed by atoms with Crippen molar-refractivity contribution >= 4 is 22.7 Å². The van der Waals surface area contributed by atoms with Gasteiger partial charge in [-0.2, -0.15) is 11.3 Å². The van der Waals surface area contributed by atoms with Crippen LogP contribution in [0.15, 0.2) is 22.9 Å². The van der Waals surface area contributed by atoms with Crippen LogP contribution in [0, 0.1) is 13.8 Å². The van der Waals surface area contributed by atoms with Gasteiger partial charge in [-0.25, -0.2) is 0 Å². The van der Waals surface area contributed by atoms with Crippen molar-refractivity contribution in [2.45, 2.75) is 32.9 Å². The summed E-state index contributed by atoms with van der Waals surface area (Å²) in [6.07, 6.45) is -0.418. The lowest BCUT2D eigenvalue weighted by molar-refractivity contribution is 0.171. The zero-order valence-corrected chi connectivity index (χ0v) is 12.6. The van der Waals surface area contributed by atoms with Crippen LogP contribution in [0.1, 0.15) is 40.0 Å². The minimum atomic E-state index is -0.418. The quantitative estimate of drug-likeness (QED) is 0.873. The Labute approximate surface area is 116 Å². The second kappa shape index (κ2) is 5.97. The highest BCUT2D eigenvalue weighted by molar-refractivity contribution is 7.12. The average molecular weight is 281 g/mol. The summed E-state index contributed by atoms with van der Waals surface area (Å²) in [5.41, 5.74) is 2.34. The van der Waals surface area contributed by atoms with Gasteiger partial charge in [0.05, 0.1) is 6.10 Å². The Morgan fingerprint density at radius 1 is 1.39 bits per heavy atom. The molecular formula is C14H19NOS2. The van der Waals surface area contributed by atoms with Crippen molar-refractivity contribution in [1.29, 1.82) is 0 Å². The number of thiophene rings is 2. The molecule has 18 heavy (non-hydrogen) atoms. The highest BCUT2D eigenvalue weighted by Crippen LogP contribution is 2.26. The van der Waals surface area contributed by atoms with E-state index in [0.29, 0.717) is 6.54 Å². The molecule has 0 bridgehead atoms. The van der Waals surface area contributed by atoms with Crippen molar-refractivity contribution in [3.8, 4) is 0 Å². The highest BCUT2D eigenvalue weighted by Gasteiger charge is 2.13. The number of aliphatic hydroxyl groups excluding tert-OH is 1. The summed E-state index contributed by atoms with van der Waals surface area (Å²) in [7, 11) is 0. The molecule has 0 amide bonds. The molecule has 98 valence electrons. The van der Waals surface area contributed by atoms with Gasteiger partial charge in [-0.15, -0.1) is 11.3 Å². The van der Waals surface area contributed by atoms with Crippen molar-refractivity contribution in [1.82, 2.24) is 5.32 Å². The van der Waals surface area contributed by atoms with Crippen LogP contribution in [0.5, 0.6) is 0 Å². The molecule has 2 atom stereocenters. The van der Waals surface area contributed by atoms with Crippen molar-refractivity contribution < 1.29 is 5.11 Å². The number of hydrogen-bond donors (Lipinski definition) is 2. The zero-order valence-electron chi connectivity index (χ0n) is 10.9. The number of hydrogen-bond acceptors (Lipinski definition) is 4. The Morgan fingerprint density at radius 2 is 2.17 bits per heavy atom. The van der Waals surface area contributed by atoms with E-state index in [9.17, 15) is 5.11 Å². The van der Waals surface area contributed by atoms with Gasteiger partial charge < -0.3 is 10.4 Å². The van der Waals surface area contributed by atoms with E-state index in [1.54, 1.807) is 11.3 Å². The van der Waals surface area contributed by atoms with Gasteiger partial charge in [-0.05, 0) is 54.8 Å². The van der Waals surface area contributed by atoms with Crippen LogP contribution in [0.4, 0.5) is 0 Å². The largest absolute Gasteiger partial charge is 0.387 e. The maximum Gasteiger partial charge on any atom is 0.0922 e. The van der Waals surface area contributed by atoms with Crippen LogP contribution in [0.2, 0.25) is 0 Å². The van der Waals surface area contributed by atoms with Crippen LogP contribution in [0.3, 0.4) is 0 Å². The van der Waals surface area contributed by atoms with Gasteiger partial charge in [0.25, 0.3) is 0 Å². The highest BCUT2D eigenvalue weighted by atomic mass is 32.1. The van der Waals surface area contributed by atoms with Crippen molar-refractivity contribution in [2.24, 2.45) is 0 Å². The van der Waals surface area contributed by atoms with Gasteiger partial charge >= 0.3 is 0 Å². The fourth-order valence-corrected chi connectivity index (χ4v) is 3.79. The third-order valence-corrected chi connectivity index (χ3v) is 4.77. The molecule has 0 aliphatic rings. The molecule has 4 heteroatoms. The normalized spacial score (nSPS) is 14.7. The molecule has 2 heterocycles. The fraction of sp³-hybridized carbons (Fsp3) is 0.429. The molecule has 0 saturated heterocycles. The molecule has 2 unspecified atom stereocenters. The summed E-state index contributed by atoms with van der Waals surface area (Å²) < 4.78 is 0. The Balaban J connectivity index is 1.92. The summed E-state index contributed by atoms with van der Waals surface area (Å²) in [6.45, 7) is 7.02. The van der Waals surface area contributed by atoms with Gasteiger partial charge in [0.15, 0.2) is 0 Å². The topological polar surface area (TPSA) is 32.3 Å². The van der Waals surface area contributed by atoms with E-state index in [0.717, 1.165) is 5.56 Å². The Bertz CT molecular complexity index is 490. The molecule has 2 rings (SSSR count). The van der Waals surface area contributed by atoms with Crippen molar-refractivity contribution in [3.63, 3.8) is 0 Å². The first kappa shape index (κ1) is 13.7. The van der Waals surface area contributed by atoms with E-state index >= 15 is 0 Å². The number of rotatable bonds is 5. The summed E-state index contributed by atoms with van der Waals surface area (Å²) >= 11 is 3.45. The standard InChI is InChI=1S/C14H19NOS2/c1-9-6-13(11(3)18-9)10(2)15-7-14(16)12-4-5-17-8-12/h4-6,8,10,14-16H,7H2,1-3H3. The van der Waals surface area contributed by atoms with Crippen LogP contribution in [-0.2, 0) is 0 Å². The van der Waals surface area contributed by atoms with Gasteiger partial charge in [0.2, 0.25) is 0 Å². The summed E-state index contributed by atoms with van der Waals surface area (Å²) in [6, 6.07) is 4.49. The Hall–Kier alpha value is -0.680. The molecule has 0 radical (unpaired) electrons. The molecular weight excluding hydrogens is 262 g/mol. The van der Waals surface area contributed by atoms with E-state index < -0.39 is 6.10 Å². The third kappa shape index (κ3) is 3.20. The monoisotopic (exact) mass is 281 g/mol. The van der Waals surface area contributed by atoms with E-state index in [1.165, 1.54) is 15.3 Å². The first-order valence-electron chi connectivity index (χ1n) is 6.08. The molecule has 0 fully saturated rings. The molecule has 0 aliphatic carbocycles. The minimum Gasteiger partial charge on any atom is -0.387 e. The second-order valence-electron chi connectivity index (χ2n) is 4.57. The van der Waals surface area contributed by atoms with E-state index in [2.05, 4.69) is 32.2 Å². The van der Waals surface area contributed by atoms with E-state index in [1.807, 2.05) is 28.2 Å². The molecule has 0 spiro atoms. The molecule has 2 aromatic rings. The maximum absolute atomic E-state index is 10.0. The predicted octanol–water partition coefficient (Wildman–Crippen LogP) is 3.81. The molecule has 0 saturated carbocycles. The van der Waals surface area contributed by atoms with Crippen LogP contribution < -0.4 is 5.32 Å². The average Bonchev–Trinajstić information content (AvgIpc) is 2.95. The Morgan fingerprint density at radius 3 is 2.72 bits per heavy atom. The summed E-state index contributed by atoms with van der Waals surface area (Å²) in [5.74, 6) is 0. The van der Waals surface area contributed by atoms with Crippen molar-refractivity contribution in [2.75, 3.05) is 6.54 Å². The molecule has 2 N–H and O–H groups in total. The van der Waals surface area contributed by atoms with Crippen LogP contribution >= 0.6 is 22.7 Å². The number of aryl methyl sites for hydroxylation is 2. The minimum absolute atomic E-state index is 0.281. The fourth-order valence-electron chi connectivity index (χ4n) is 2.06. The molecule has 0 aromatic carbocycles. The predicted molar refractivity (Wildman–Crippen MR) is 79.5 cm³/mol. The Kier molecular flexibility index (Phi) is 4.56. The molecule has 0 aliphatic heterocycles. The molecule has 2 aromatic heterocycles. The number of nitrogens with one attached hydrogen (secondary N) is 1. The lowest BCUT2D eigenvalue weighted by atomic mass is 10.1. The summed E-state index contributed by atoms with van der Waals surface area (Å²) in [5, 5.41) is 17.4. The lowest BCUT2D eigenvalue weighted by Crippen LogP contribution is -2.24. The summed E-state index contributed by atoms with van der Waals surface area (Å²) in [4.78, 5) is 2.70. The lowest BCUT2D eigenvalue weighted by Gasteiger charge is -2.16. The zero-order chi connectivity index (χ0) is 13.1. The third-order valence-electron chi connectivity index (χ3n) is 3.09. The maximum atomic E-state index is 10.0. The smallest absolute Gasteiger partial charge is 0.0922 e. The van der Waals surface area contributed by atoms with Crippen molar-refractivity contribution in [3.05, 3.63) is 43.8 Å². The first-order valence-corrected chi connectivity index (χ1v) is 7.84. The van der Waals surface area contributed by atoms with Crippen LogP contribution in [-0.4, -0.2) is 11.7 Å². The van der Waals surface area contributed by atoms with E-state index in [-0.39, 0.29) is 6.04 Å². The second-order valence-corrected chi connectivity index (χ2v) is 6.81. The van der Waals surface area contributed by atoms with Gasteiger partial charge in [-0.3, -0.25) is 0 Å². The van der Waals surface area contributed by atoms with Crippen LogP contribution in [0.25, 0.3) is 0 Å². The number of aliphatic hydroxyl groups is 1. The van der Waals surface area contributed by atoms with E-state index in [4.69, 9.17) is 0 Å².